The van der Waals surface area contributed by atoms with Crippen molar-refractivity contribution in [1.29, 1.82) is 0 Å². The number of aromatic nitrogens is 3. The molecule has 0 aromatic carbocycles. The van der Waals surface area contributed by atoms with Crippen LogP contribution in [-0.2, 0) is 11.8 Å². The molecule has 2 aromatic heterocycles. The minimum atomic E-state index is -1.27. The maximum Gasteiger partial charge on any atom is 0.322 e. The standard InChI is InChI=1S/C16H12N4O5/c1-20-14-9(6-10(18-19-14)8-4-2-3-5-8)13(23)12(16(20)25)15(24)17-7-11(21)22/h2-4,6,23H,7H2,1H3,(H,17,24)(H,21,22). The van der Waals surface area contributed by atoms with Crippen molar-refractivity contribution in [3.63, 3.8) is 0 Å². The van der Waals surface area contributed by atoms with E-state index in [2.05, 4.69) is 21.2 Å². The third kappa shape index (κ3) is 2.79. The third-order valence-electron chi connectivity index (χ3n) is 3.60. The number of nitrogens with one attached hydrogen (secondary N) is 1. The molecule has 0 bridgehead atoms. The summed E-state index contributed by atoms with van der Waals surface area (Å²) in [6.45, 7) is -0.679. The molecule has 9 heteroatoms. The van der Waals surface area contributed by atoms with Crippen LogP contribution in [0, 0.1) is 0 Å². The molecule has 1 aliphatic carbocycles. The van der Waals surface area contributed by atoms with E-state index >= 15 is 0 Å². The van der Waals surface area contributed by atoms with Crippen LogP contribution in [0.1, 0.15) is 16.1 Å². The number of hydrogen-bond donors (Lipinski definition) is 3. The van der Waals surface area contributed by atoms with Crippen molar-refractivity contribution in [2.45, 2.75) is 0 Å². The summed E-state index contributed by atoms with van der Waals surface area (Å²) in [6.07, 6.45) is 5.19. The number of rotatable bonds is 4. The Hall–Kier alpha value is -3.71. The lowest BCUT2D eigenvalue weighted by Gasteiger charge is -2.11. The number of allylic oxidation sites excluding steroid dienone is 3. The maximum absolute atomic E-state index is 12.3. The van der Waals surface area contributed by atoms with E-state index in [9.17, 15) is 19.5 Å². The Morgan fingerprint density at radius 2 is 2.12 bits per heavy atom. The van der Waals surface area contributed by atoms with Crippen molar-refractivity contribution < 1.29 is 19.8 Å². The van der Waals surface area contributed by atoms with Crippen molar-refractivity contribution >= 4 is 28.5 Å². The predicted molar refractivity (Wildman–Crippen MR) is 87.0 cm³/mol. The number of nitrogens with zero attached hydrogens (tertiary/aromatic N) is 3. The van der Waals surface area contributed by atoms with Crippen LogP contribution in [0.15, 0.2) is 34.8 Å². The first-order valence-electron chi connectivity index (χ1n) is 7.13. The normalized spacial score (nSPS) is 12.4. The molecule has 0 fully saturated rings. The molecule has 1 aliphatic rings. The summed E-state index contributed by atoms with van der Waals surface area (Å²) in [5.41, 5.74) is 2.71. The fraction of sp³-hybridized carbons (Fsp3) is 0.125. The molecule has 0 unspecified atom stereocenters. The van der Waals surface area contributed by atoms with Crippen LogP contribution >= 0.6 is 0 Å². The average molecular weight is 340 g/mol. The van der Waals surface area contributed by atoms with Gasteiger partial charge in [-0.15, -0.1) is 15.9 Å². The second-order valence-corrected chi connectivity index (χ2v) is 5.21. The first kappa shape index (κ1) is 16.2. The number of hydrogen-bond acceptors (Lipinski definition) is 6. The van der Waals surface area contributed by atoms with Gasteiger partial charge in [0.1, 0.15) is 23.6 Å². The molecule has 0 spiro atoms. The second kappa shape index (κ2) is 6.06. The predicted octanol–water partition coefficient (Wildman–Crippen LogP) is -0.0432. The Kier molecular flexibility index (Phi) is 3.92. The van der Waals surface area contributed by atoms with E-state index < -0.39 is 35.3 Å². The first-order chi connectivity index (χ1) is 11.9. The van der Waals surface area contributed by atoms with Crippen LogP contribution in [0.4, 0.5) is 0 Å². The van der Waals surface area contributed by atoms with E-state index in [0.29, 0.717) is 11.3 Å². The molecule has 0 atom stereocenters. The minimum absolute atomic E-state index is 0.0904. The molecular weight excluding hydrogens is 328 g/mol. The number of pyridine rings is 1. The summed E-state index contributed by atoms with van der Waals surface area (Å²) in [5.74, 6) is -2.84. The number of aryl methyl sites for hydroxylation is 1. The van der Waals surface area contributed by atoms with Crippen molar-refractivity contribution in [2.75, 3.05) is 6.54 Å². The van der Waals surface area contributed by atoms with Crippen LogP contribution in [0.2, 0.25) is 0 Å². The summed E-state index contributed by atoms with van der Waals surface area (Å²) >= 11 is 0. The van der Waals surface area contributed by atoms with Crippen LogP contribution < -0.4 is 10.9 Å². The Bertz CT molecular complexity index is 1070. The molecule has 3 N–H and O–H groups in total. The fourth-order valence-electron chi connectivity index (χ4n) is 2.38. The van der Waals surface area contributed by atoms with E-state index in [1.807, 2.05) is 0 Å². The maximum atomic E-state index is 12.3. The van der Waals surface area contributed by atoms with Gasteiger partial charge >= 0.3 is 5.97 Å². The molecule has 2 aromatic rings. The Morgan fingerprint density at radius 1 is 1.36 bits per heavy atom. The van der Waals surface area contributed by atoms with Gasteiger partial charge in [-0.25, -0.2) is 0 Å². The van der Waals surface area contributed by atoms with E-state index in [1.54, 1.807) is 18.2 Å². The van der Waals surface area contributed by atoms with Crippen LogP contribution in [-0.4, -0.2) is 43.4 Å². The zero-order chi connectivity index (χ0) is 18.1. The highest BCUT2D eigenvalue weighted by atomic mass is 16.4. The minimum Gasteiger partial charge on any atom is -0.506 e. The number of fused-ring (bicyclic) bond motifs is 1. The molecule has 1 amide bonds. The van der Waals surface area contributed by atoms with Gasteiger partial charge in [0.15, 0.2) is 5.65 Å². The SMILES string of the molecule is Cn1c(=O)c(C(=O)NCC(=O)O)c(O)c2cc(C3=C=CC=C3)nnc21. The fourth-order valence-corrected chi connectivity index (χ4v) is 2.38. The van der Waals surface area contributed by atoms with Crippen LogP contribution in [0.5, 0.6) is 5.75 Å². The molecule has 3 rings (SSSR count). The molecule has 25 heavy (non-hydrogen) atoms. The molecular formula is C16H12N4O5. The largest absolute Gasteiger partial charge is 0.506 e. The summed E-state index contributed by atoms with van der Waals surface area (Å²) in [5, 5.41) is 29.2. The van der Waals surface area contributed by atoms with Crippen molar-refractivity contribution in [3.05, 3.63) is 51.6 Å². The molecule has 0 saturated heterocycles. The quantitative estimate of drug-likeness (QED) is 0.665. The number of amides is 1. The van der Waals surface area contributed by atoms with Gasteiger partial charge < -0.3 is 15.5 Å². The molecule has 9 nitrogen and oxygen atoms in total. The van der Waals surface area contributed by atoms with E-state index in [1.165, 1.54) is 13.1 Å². The highest BCUT2D eigenvalue weighted by Gasteiger charge is 2.23. The lowest BCUT2D eigenvalue weighted by molar-refractivity contribution is -0.135. The number of carboxylic acids is 1. The third-order valence-corrected chi connectivity index (χ3v) is 3.60. The molecule has 0 radical (unpaired) electrons. The summed E-state index contributed by atoms with van der Waals surface area (Å²) < 4.78 is 1.07. The van der Waals surface area contributed by atoms with Crippen molar-refractivity contribution in [3.8, 4) is 5.75 Å². The number of carbonyl (C=O) groups excluding carboxylic acids is 1. The Morgan fingerprint density at radius 3 is 2.76 bits per heavy atom. The lowest BCUT2D eigenvalue weighted by Crippen LogP contribution is -2.35. The van der Waals surface area contributed by atoms with Crippen LogP contribution in [0.25, 0.3) is 16.6 Å². The van der Waals surface area contributed by atoms with Crippen LogP contribution in [0.3, 0.4) is 0 Å². The van der Waals surface area contributed by atoms with Gasteiger partial charge in [-0.05, 0) is 18.2 Å². The van der Waals surface area contributed by atoms with E-state index in [0.717, 1.165) is 4.57 Å². The second-order valence-electron chi connectivity index (χ2n) is 5.21. The van der Waals surface area contributed by atoms with Gasteiger partial charge in [0, 0.05) is 12.6 Å². The van der Waals surface area contributed by atoms with Crippen molar-refractivity contribution in [1.82, 2.24) is 20.1 Å². The van der Waals surface area contributed by atoms with Gasteiger partial charge in [-0.3, -0.25) is 19.0 Å². The van der Waals surface area contributed by atoms with E-state index in [-0.39, 0.29) is 11.0 Å². The summed E-state index contributed by atoms with van der Waals surface area (Å²) in [6, 6.07) is 1.48. The summed E-state index contributed by atoms with van der Waals surface area (Å²) in [4.78, 5) is 35.0. The zero-order valence-electron chi connectivity index (χ0n) is 13.0. The molecule has 0 aliphatic heterocycles. The highest BCUT2D eigenvalue weighted by Crippen LogP contribution is 2.27. The number of carbonyl (C=O) groups is 2. The molecule has 2 heterocycles. The van der Waals surface area contributed by atoms with Gasteiger partial charge in [-0.2, -0.15) is 0 Å². The monoisotopic (exact) mass is 340 g/mol. The highest BCUT2D eigenvalue weighted by molar-refractivity contribution is 6.02. The van der Waals surface area contributed by atoms with E-state index in [4.69, 9.17) is 5.11 Å². The smallest absolute Gasteiger partial charge is 0.322 e. The topological polar surface area (TPSA) is 134 Å². The zero-order valence-corrected chi connectivity index (χ0v) is 13.0. The number of aliphatic carboxylic acids is 1. The summed E-state index contributed by atoms with van der Waals surface area (Å²) in [7, 11) is 1.38. The average Bonchev–Trinajstić information content (AvgIpc) is 3.12. The molecule has 126 valence electrons. The Labute approximate surface area is 140 Å². The van der Waals surface area contributed by atoms with Gasteiger partial charge in [0.05, 0.1) is 5.39 Å². The number of aromatic hydroxyl groups is 1. The number of carboxylic acid groups (broad SMARTS) is 1. The lowest BCUT2D eigenvalue weighted by atomic mass is 10.1. The first-order valence-corrected chi connectivity index (χ1v) is 7.13. The van der Waals surface area contributed by atoms with Crippen molar-refractivity contribution in [2.24, 2.45) is 7.05 Å². The Balaban J connectivity index is 2.19. The molecule has 0 saturated carbocycles. The van der Waals surface area contributed by atoms with Gasteiger partial charge in [-0.1, -0.05) is 6.08 Å². The van der Waals surface area contributed by atoms with Gasteiger partial charge in [0.25, 0.3) is 11.5 Å². The van der Waals surface area contributed by atoms with Gasteiger partial charge in [0.2, 0.25) is 0 Å².